The molecular formula is C16H22N2S. The molecule has 0 aliphatic heterocycles. The van der Waals surface area contributed by atoms with Crippen LogP contribution >= 0.6 is 11.3 Å². The van der Waals surface area contributed by atoms with E-state index < -0.39 is 0 Å². The van der Waals surface area contributed by atoms with Crippen molar-refractivity contribution < 1.29 is 0 Å². The molecule has 2 rings (SSSR count). The van der Waals surface area contributed by atoms with E-state index in [0.29, 0.717) is 12.5 Å². The van der Waals surface area contributed by atoms with Gasteiger partial charge in [-0.2, -0.15) is 0 Å². The number of thiazole rings is 1. The van der Waals surface area contributed by atoms with Gasteiger partial charge in [0, 0.05) is 18.2 Å². The van der Waals surface area contributed by atoms with Crippen LogP contribution in [0.15, 0.2) is 29.6 Å². The van der Waals surface area contributed by atoms with E-state index in [1.54, 1.807) is 11.3 Å². The Bertz CT molecular complexity index is 500. The largest absolute Gasteiger partial charge is 0.330 e. The van der Waals surface area contributed by atoms with Crippen molar-refractivity contribution in [3.8, 4) is 0 Å². The van der Waals surface area contributed by atoms with Crippen LogP contribution in [0.4, 0.5) is 0 Å². The maximum Gasteiger partial charge on any atom is 0.0931 e. The zero-order valence-corrected chi connectivity index (χ0v) is 12.5. The fraction of sp³-hybridized carbons (Fsp3) is 0.438. The molecule has 0 aliphatic rings. The van der Waals surface area contributed by atoms with Crippen LogP contribution in [0.5, 0.6) is 0 Å². The van der Waals surface area contributed by atoms with Gasteiger partial charge in [0.2, 0.25) is 0 Å². The lowest BCUT2D eigenvalue weighted by Crippen LogP contribution is -2.03. The lowest BCUT2D eigenvalue weighted by Gasteiger charge is -2.06. The summed E-state index contributed by atoms with van der Waals surface area (Å²) in [5.41, 5.74) is 9.47. The lowest BCUT2D eigenvalue weighted by atomic mass is 10.0. The van der Waals surface area contributed by atoms with E-state index in [1.807, 2.05) is 0 Å². The Morgan fingerprint density at radius 1 is 1.11 bits per heavy atom. The smallest absolute Gasteiger partial charge is 0.0931 e. The van der Waals surface area contributed by atoms with Gasteiger partial charge in [-0.15, -0.1) is 11.3 Å². The summed E-state index contributed by atoms with van der Waals surface area (Å²) in [5.74, 6) is 0.604. The van der Waals surface area contributed by atoms with Gasteiger partial charge >= 0.3 is 0 Å². The van der Waals surface area contributed by atoms with Crippen LogP contribution in [0.2, 0.25) is 0 Å². The number of benzene rings is 1. The summed E-state index contributed by atoms with van der Waals surface area (Å²) in [7, 11) is 0. The molecule has 0 bridgehead atoms. The Morgan fingerprint density at radius 3 is 2.47 bits per heavy atom. The highest BCUT2D eigenvalue weighted by Gasteiger charge is 2.03. The van der Waals surface area contributed by atoms with Gasteiger partial charge < -0.3 is 5.73 Å². The first-order valence-corrected chi connectivity index (χ1v) is 7.79. The molecule has 1 aromatic carbocycles. The third-order valence-corrected chi connectivity index (χ3v) is 4.23. The van der Waals surface area contributed by atoms with Crippen molar-refractivity contribution in [1.29, 1.82) is 0 Å². The van der Waals surface area contributed by atoms with Crippen molar-refractivity contribution >= 4 is 11.3 Å². The normalized spacial score (nSPS) is 11.2. The molecule has 102 valence electrons. The minimum absolute atomic E-state index is 0.604. The van der Waals surface area contributed by atoms with E-state index in [9.17, 15) is 0 Å². The van der Waals surface area contributed by atoms with Gasteiger partial charge in [0.1, 0.15) is 0 Å². The molecule has 0 radical (unpaired) electrons. The molecule has 1 heterocycles. The Morgan fingerprint density at radius 2 is 1.84 bits per heavy atom. The number of hydrogen-bond acceptors (Lipinski definition) is 3. The molecule has 2 nitrogen and oxygen atoms in total. The quantitative estimate of drug-likeness (QED) is 0.875. The summed E-state index contributed by atoms with van der Waals surface area (Å²) in [6, 6.07) is 8.96. The maximum absolute atomic E-state index is 5.54. The molecule has 0 saturated carbocycles. The summed E-state index contributed by atoms with van der Waals surface area (Å²) in [6.07, 6.45) is 2.98. The van der Waals surface area contributed by atoms with Crippen LogP contribution in [0.3, 0.4) is 0 Å². The Hall–Kier alpha value is -1.19. The number of aryl methyl sites for hydroxylation is 2. The van der Waals surface area contributed by atoms with Gasteiger partial charge in [0.05, 0.1) is 10.7 Å². The van der Waals surface area contributed by atoms with E-state index >= 15 is 0 Å². The van der Waals surface area contributed by atoms with Crippen LogP contribution < -0.4 is 5.73 Å². The van der Waals surface area contributed by atoms with Crippen molar-refractivity contribution in [2.24, 2.45) is 5.73 Å². The van der Waals surface area contributed by atoms with E-state index in [0.717, 1.165) is 25.0 Å². The molecule has 2 aromatic rings. The fourth-order valence-corrected chi connectivity index (χ4v) is 2.88. The number of nitrogens with zero attached hydrogens (tertiary/aromatic N) is 1. The molecule has 0 aliphatic carbocycles. The molecule has 0 fully saturated rings. The predicted octanol–water partition coefficient (Wildman–Crippen LogP) is 3.55. The molecule has 2 N–H and O–H groups in total. The summed E-state index contributed by atoms with van der Waals surface area (Å²) >= 11 is 1.75. The third-order valence-electron chi connectivity index (χ3n) is 3.27. The van der Waals surface area contributed by atoms with Gasteiger partial charge in [0.25, 0.3) is 0 Å². The Balaban J connectivity index is 1.90. The summed E-state index contributed by atoms with van der Waals surface area (Å²) < 4.78 is 0. The number of rotatable bonds is 6. The van der Waals surface area contributed by atoms with Gasteiger partial charge in [-0.25, -0.2) is 4.98 Å². The highest BCUT2D eigenvalue weighted by molar-refractivity contribution is 7.09. The van der Waals surface area contributed by atoms with Crippen LogP contribution in [0.25, 0.3) is 0 Å². The van der Waals surface area contributed by atoms with Gasteiger partial charge in [-0.3, -0.25) is 0 Å². The maximum atomic E-state index is 5.54. The Kier molecular flexibility index (Phi) is 5.11. The first-order chi connectivity index (χ1) is 9.19. The third kappa shape index (κ3) is 4.15. The summed E-state index contributed by atoms with van der Waals surface area (Å²) in [4.78, 5) is 4.60. The molecule has 3 heteroatoms. The average Bonchev–Trinajstić information content (AvgIpc) is 2.85. The van der Waals surface area contributed by atoms with Crippen LogP contribution in [-0.2, 0) is 19.3 Å². The zero-order chi connectivity index (χ0) is 13.7. The number of hydrogen-bond donors (Lipinski definition) is 1. The molecule has 0 unspecified atom stereocenters. The Labute approximate surface area is 119 Å². The van der Waals surface area contributed by atoms with Crippen LogP contribution in [-0.4, -0.2) is 11.5 Å². The van der Waals surface area contributed by atoms with Crippen molar-refractivity contribution in [3.63, 3.8) is 0 Å². The van der Waals surface area contributed by atoms with Gasteiger partial charge in [-0.05, 0) is 30.0 Å². The van der Waals surface area contributed by atoms with Crippen molar-refractivity contribution in [2.45, 2.75) is 39.0 Å². The minimum Gasteiger partial charge on any atom is -0.330 e. The van der Waals surface area contributed by atoms with Gasteiger partial charge in [0.15, 0.2) is 0 Å². The molecular weight excluding hydrogens is 252 g/mol. The standard InChI is InChI=1S/C16H22N2S/c1-12(2)14-6-3-13(4-7-14)5-8-16-18-15(9-10-17)11-19-16/h3-4,6-7,11-12H,5,8-10,17H2,1-2H3. The molecule has 0 spiro atoms. The predicted molar refractivity (Wildman–Crippen MR) is 82.8 cm³/mol. The summed E-state index contributed by atoms with van der Waals surface area (Å²) in [6.45, 7) is 5.13. The topological polar surface area (TPSA) is 38.9 Å². The van der Waals surface area contributed by atoms with Crippen molar-refractivity contribution in [2.75, 3.05) is 6.54 Å². The zero-order valence-electron chi connectivity index (χ0n) is 11.7. The fourth-order valence-electron chi connectivity index (χ4n) is 2.05. The SMILES string of the molecule is CC(C)c1ccc(CCc2nc(CCN)cs2)cc1. The van der Waals surface area contributed by atoms with E-state index in [-0.39, 0.29) is 0 Å². The second-order valence-corrected chi connectivity index (χ2v) is 6.11. The number of nitrogens with two attached hydrogens (primary N) is 1. The average molecular weight is 274 g/mol. The van der Waals surface area contributed by atoms with E-state index in [4.69, 9.17) is 5.73 Å². The van der Waals surface area contributed by atoms with E-state index in [2.05, 4.69) is 48.5 Å². The lowest BCUT2D eigenvalue weighted by molar-refractivity contribution is 0.860. The monoisotopic (exact) mass is 274 g/mol. The molecule has 19 heavy (non-hydrogen) atoms. The summed E-state index contributed by atoms with van der Waals surface area (Å²) in [5, 5.41) is 3.35. The second-order valence-electron chi connectivity index (χ2n) is 5.17. The minimum atomic E-state index is 0.604. The molecule has 0 saturated heterocycles. The van der Waals surface area contributed by atoms with Crippen LogP contribution in [0.1, 0.15) is 41.6 Å². The van der Waals surface area contributed by atoms with Crippen molar-refractivity contribution in [1.82, 2.24) is 4.98 Å². The first-order valence-electron chi connectivity index (χ1n) is 6.91. The second kappa shape index (κ2) is 6.83. The van der Waals surface area contributed by atoms with E-state index in [1.165, 1.54) is 16.1 Å². The molecule has 0 atom stereocenters. The number of aromatic nitrogens is 1. The molecule has 1 aromatic heterocycles. The van der Waals surface area contributed by atoms with Gasteiger partial charge in [-0.1, -0.05) is 38.1 Å². The first kappa shape index (κ1) is 14.2. The highest BCUT2D eigenvalue weighted by Crippen LogP contribution is 2.17. The van der Waals surface area contributed by atoms with Crippen LogP contribution in [0, 0.1) is 0 Å². The van der Waals surface area contributed by atoms with Crippen molar-refractivity contribution in [3.05, 3.63) is 51.5 Å². The molecule has 0 amide bonds. The highest BCUT2D eigenvalue weighted by atomic mass is 32.1.